The molecule has 0 aliphatic heterocycles. The fraction of sp³-hybridized carbons (Fsp3) is 0.200. The Labute approximate surface area is 165 Å². The van der Waals surface area contributed by atoms with Crippen molar-refractivity contribution >= 4 is 17.5 Å². The minimum absolute atomic E-state index is 0.130. The van der Waals surface area contributed by atoms with Crippen molar-refractivity contribution in [1.82, 2.24) is 9.78 Å². The lowest BCUT2D eigenvalue weighted by Crippen LogP contribution is -1.99. The third kappa shape index (κ3) is 4.75. The van der Waals surface area contributed by atoms with Gasteiger partial charge in [0.2, 0.25) is 0 Å². The number of hydrogen-bond donors (Lipinski definition) is 0. The summed E-state index contributed by atoms with van der Waals surface area (Å²) in [6.45, 7) is 4.24. The monoisotopic (exact) mass is 399 g/mol. The lowest BCUT2D eigenvalue weighted by molar-refractivity contribution is -0.386. The Morgan fingerprint density at radius 1 is 1.38 bits per heavy atom. The molecule has 0 amide bonds. The van der Waals surface area contributed by atoms with Gasteiger partial charge in [-0.1, -0.05) is 0 Å². The summed E-state index contributed by atoms with van der Waals surface area (Å²) < 4.78 is 25.9. The Bertz CT molecular complexity index is 1080. The molecule has 1 aromatic carbocycles. The molecule has 0 aliphatic rings. The van der Waals surface area contributed by atoms with E-state index in [1.165, 1.54) is 12.2 Å². The third-order valence-electron chi connectivity index (χ3n) is 4.11. The average Bonchev–Trinajstić information content (AvgIpc) is 3.30. The van der Waals surface area contributed by atoms with Crippen LogP contribution in [0.4, 0.5) is 10.1 Å². The third-order valence-corrected chi connectivity index (χ3v) is 4.11. The average molecular weight is 399 g/mol. The van der Waals surface area contributed by atoms with Gasteiger partial charge in [0.15, 0.2) is 11.5 Å². The molecule has 0 saturated carbocycles. The van der Waals surface area contributed by atoms with Gasteiger partial charge in [-0.2, -0.15) is 5.10 Å². The molecule has 29 heavy (non-hydrogen) atoms. The maximum Gasteiger partial charge on any atom is 0.311 e. The van der Waals surface area contributed by atoms with Gasteiger partial charge in [-0.05, 0) is 44.2 Å². The number of halogens is 1. The number of aryl methyl sites for hydroxylation is 2. The zero-order valence-corrected chi connectivity index (χ0v) is 15.8. The number of nitrogens with zero attached hydrogens (tertiary/aromatic N) is 3. The molecule has 0 aliphatic carbocycles. The number of aromatic nitrogens is 2. The summed E-state index contributed by atoms with van der Waals surface area (Å²) in [6.07, 6.45) is 4.58. The quantitative estimate of drug-likeness (QED) is 0.242. The topological polar surface area (TPSA) is 100 Å². The second-order valence-electron chi connectivity index (χ2n) is 6.14. The number of hydrogen-bond acceptors (Lipinski definition) is 6. The first-order valence-electron chi connectivity index (χ1n) is 8.79. The van der Waals surface area contributed by atoms with Crippen LogP contribution in [0.2, 0.25) is 0 Å². The number of ether oxygens (including phenoxy) is 1. The minimum atomic E-state index is -0.653. The summed E-state index contributed by atoms with van der Waals surface area (Å²) in [5.41, 5.74) is 0.815. The van der Waals surface area contributed by atoms with Gasteiger partial charge in [-0.15, -0.1) is 0 Å². The molecule has 0 fully saturated rings. The normalized spacial score (nSPS) is 11.1. The summed E-state index contributed by atoms with van der Waals surface area (Å²) in [5.74, 6) is -0.264. The van der Waals surface area contributed by atoms with Crippen molar-refractivity contribution in [3.05, 3.63) is 81.3 Å². The molecule has 0 atom stereocenters. The highest BCUT2D eigenvalue weighted by Crippen LogP contribution is 2.28. The van der Waals surface area contributed by atoms with E-state index >= 15 is 0 Å². The molecule has 0 spiro atoms. The summed E-state index contributed by atoms with van der Waals surface area (Å²) in [7, 11) is 0. The number of allylic oxidation sites excluding steroid dienone is 1. The van der Waals surface area contributed by atoms with E-state index in [4.69, 9.17) is 9.15 Å². The highest BCUT2D eigenvalue weighted by molar-refractivity contribution is 6.07. The van der Waals surface area contributed by atoms with Crippen molar-refractivity contribution in [2.45, 2.75) is 27.0 Å². The highest BCUT2D eigenvalue weighted by atomic mass is 19.1. The van der Waals surface area contributed by atoms with Crippen molar-refractivity contribution in [1.29, 1.82) is 0 Å². The van der Waals surface area contributed by atoms with Crippen LogP contribution in [0.15, 0.2) is 47.0 Å². The van der Waals surface area contributed by atoms with Crippen LogP contribution in [0, 0.1) is 22.9 Å². The zero-order chi connectivity index (χ0) is 21.0. The van der Waals surface area contributed by atoms with E-state index in [1.807, 2.05) is 6.92 Å². The fourth-order valence-electron chi connectivity index (χ4n) is 2.63. The van der Waals surface area contributed by atoms with Crippen molar-refractivity contribution in [3.63, 3.8) is 0 Å². The van der Waals surface area contributed by atoms with Crippen LogP contribution in [0.25, 0.3) is 6.08 Å². The second-order valence-corrected chi connectivity index (χ2v) is 6.14. The maximum absolute atomic E-state index is 13.3. The number of nitro groups is 1. The van der Waals surface area contributed by atoms with Gasteiger partial charge in [0, 0.05) is 24.9 Å². The van der Waals surface area contributed by atoms with E-state index in [9.17, 15) is 19.3 Å². The Morgan fingerprint density at radius 2 is 2.17 bits per heavy atom. The second kappa shape index (κ2) is 8.51. The Balaban J connectivity index is 1.66. The molecule has 3 aromatic rings. The summed E-state index contributed by atoms with van der Waals surface area (Å²) in [4.78, 5) is 22.7. The predicted octanol–water partition coefficient (Wildman–Crippen LogP) is 4.33. The van der Waals surface area contributed by atoms with Gasteiger partial charge in [0.25, 0.3) is 0 Å². The number of ketones is 1. The number of rotatable bonds is 8. The Kier molecular flexibility index (Phi) is 5.87. The van der Waals surface area contributed by atoms with Crippen LogP contribution in [0.1, 0.15) is 34.5 Å². The predicted molar refractivity (Wildman–Crippen MR) is 102 cm³/mol. The highest BCUT2D eigenvalue weighted by Gasteiger charge is 2.16. The SMILES string of the molecule is CCn1cc(C(=O)/C=C/c2ccc(COc3cc(F)ccc3[N+](=O)[O-])o2)c(C)n1. The lowest BCUT2D eigenvalue weighted by atomic mass is 10.1. The van der Waals surface area contributed by atoms with Crippen LogP contribution in [0.3, 0.4) is 0 Å². The molecule has 3 rings (SSSR count). The molecule has 9 heteroatoms. The van der Waals surface area contributed by atoms with E-state index in [0.29, 0.717) is 29.3 Å². The number of nitro benzene ring substituents is 1. The van der Waals surface area contributed by atoms with Gasteiger partial charge >= 0.3 is 5.69 Å². The van der Waals surface area contributed by atoms with E-state index in [1.54, 1.807) is 29.9 Å². The van der Waals surface area contributed by atoms with Crippen LogP contribution >= 0.6 is 0 Å². The molecule has 0 saturated heterocycles. The van der Waals surface area contributed by atoms with Crippen molar-refractivity contribution in [3.8, 4) is 5.75 Å². The molecule has 0 N–H and O–H groups in total. The molecular weight excluding hydrogens is 381 g/mol. The first kappa shape index (κ1) is 20.0. The molecular formula is C20H18FN3O5. The molecule has 2 heterocycles. The van der Waals surface area contributed by atoms with E-state index in [2.05, 4.69) is 5.10 Å². The number of furan rings is 1. The van der Waals surface area contributed by atoms with Crippen LogP contribution < -0.4 is 4.74 Å². The smallest absolute Gasteiger partial charge is 0.311 e. The summed E-state index contributed by atoms with van der Waals surface area (Å²) >= 11 is 0. The molecule has 150 valence electrons. The van der Waals surface area contributed by atoms with Gasteiger partial charge in [0.1, 0.15) is 23.9 Å². The number of carbonyl (C=O) groups excluding carboxylic acids is 1. The van der Waals surface area contributed by atoms with Crippen LogP contribution in [-0.2, 0) is 13.2 Å². The molecule has 8 nitrogen and oxygen atoms in total. The maximum atomic E-state index is 13.3. The van der Waals surface area contributed by atoms with Crippen molar-refractivity contribution < 1.29 is 23.3 Å². The molecule has 0 radical (unpaired) electrons. The number of carbonyl (C=O) groups is 1. The van der Waals surface area contributed by atoms with Crippen molar-refractivity contribution in [2.75, 3.05) is 0 Å². The van der Waals surface area contributed by atoms with E-state index in [-0.39, 0.29) is 23.8 Å². The summed E-state index contributed by atoms with van der Waals surface area (Å²) in [6, 6.07) is 6.21. The Hall–Kier alpha value is -3.75. The lowest BCUT2D eigenvalue weighted by Gasteiger charge is -2.05. The zero-order valence-electron chi connectivity index (χ0n) is 15.8. The molecule has 0 unspecified atom stereocenters. The van der Waals surface area contributed by atoms with E-state index in [0.717, 1.165) is 18.2 Å². The van der Waals surface area contributed by atoms with E-state index < -0.39 is 10.7 Å². The minimum Gasteiger partial charge on any atom is -0.479 e. The summed E-state index contributed by atoms with van der Waals surface area (Å²) in [5, 5.41) is 15.2. The Morgan fingerprint density at radius 3 is 2.86 bits per heavy atom. The van der Waals surface area contributed by atoms with Crippen molar-refractivity contribution in [2.24, 2.45) is 0 Å². The van der Waals surface area contributed by atoms with Gasteiger partial charge < -0.3 is 9.15 Å². The number of benzene rings is 1. The standard InChI is InChI=1S/C20H18FN3O5/c1-3-23-11-17(13(2)22-23)19(25)9-7-15-5-6-16(29-15)12-28-20-10-14(21)4-8-18(20)24(26)27/h4-11H,3,12H2,1-2H3/b9-7+. The van der Waals surface area contributed by atoms with Gasteiger partial charge in [-0.3, -0.25) is 19.6 Å². The van der Waals surface area contributed by atoms with Gasteiger partial charge in [0.05, 0.1) is 16.2 Å². The first-order valence-corrected chi connectivity index (χ1v) is 8.79. The first-order chi connectivity index (χ1) is 13.9. The fourth-order valence-corrected chi connectivity index (χ4v) is 2.63. The van der Waals surface area contributed by atoms with Crippen LogP contribution in [0.5, 0.6) is 5.75 Å². The molecule has 0 bridgehead atoms. The largest absolute Gasteiger partial charge is 0.479 e. The van der Waals surface area contributed by atoms with Crippen LogP contribution in [-0.4, -0.2) is 20.5 Å². The van der Waals surface area contributed by atoms with Gasteiger partial charge in [-0.25, -0.2) is 4.39 Å². The molecule has 2 aromatic heterocycles.